The van der Waals surface area contributed by atoms with Crippen molar-refractivity contribution in [1.29, 1.82) is 0 Å². The van der Waals surface area contributed by atoms with Crippen molar-refractivity contribution in [3.05, 3.63) is 35.9 Å². The second-order valence-electron chi connectivity index (χ2n) is 4.36. The maximum atomic E-state index is 11.8. The third kappa shape index (κ3) is 4.04. The Morgan fingerprint density at radius 2 is 2.17 bits per heavy atom. The summed E-state index contributed by atoms with van der Waals surface area (Å²) in [7, 11) is 0. The number of epoxide rings is 1. The van der Waals surface area contributed by atoms with Crippen LogP contribution in [-0.2, 0) is 16.1 Å². The molecule has 1 saturated heterocycles. The van der Waals surface area contributed by atoms with Crippen molar-refractivity contribution in [3.63, 3.8) is 0 Å². The van der Waals surface area contributed by atoms with Crippen molar-refractivity contribution in [2.45, 2.75) is 26.1 Å². The summed E-state index contributed by atoms with van der Waals surface area (Å²) in [4.78, 5) is 13.6. The van der Waals surface area contributed by atoms with Gasteiger partial charge in [0.2, 0.25) is 0 Å². The van der Waals surface area contributed by atoms with Gasteiger partial charge in [-0.2, -0.15) is 0 Å². The highest BCUT2D eigenvalue weighted by Crippen LogP contribution is 2.14. The van der Waals surface area contributed by atoms with Crippen molar-refractivity contribution < 1.29 is 14.3 Å². The second-order valence-corrected chi connectivity index (χ2v) is 4.36. The van der Waals surface area contributed by atoms with Gasteiger partial charge in [-0.15, -0.1) is 0 Å². The van der Waals surface area contributed by atoms with Crippen LogP contribution < -0.4 is 0 Å². The Morgan fingerprint density at radius 1 is 1.44 bits per heavy atom. The number of carbonyl (C=O) groups is 1. The van der Waals surface area contributed by atoms with E-state index in [4.69, 9.17) is 9.47 Å². The van der Waals surface area contributed by atoms with Crippen LogP contribution in [0.2, 0.25) is 0 Å². The van der Waals surface area contributed by atoms with Crippen molar-refractivity contribution >= 4 is 6.09 Å². The molecule has 0 bridgehead atoms. The minimum absolute atomic E-state index is 0.248. The van der Waals surface area contributed by atoms with E-state index in [2.05, 4.69) is 0 Å². The summed E-state index contributed by atoms with van der Waals surface area (Å²) >= 11 is 0. The molecule has 0 unspecified atom stereocenters. The highest BCUT2D eigenvalue weighted by molar-refractivity contribution is 5.67. The number of rotatable bonds is 6. The molecule has 4 nitrogen and oxygen atoms in total. The quantitative estimate of drug-likeness (QED) is 0.727. The minimum atomic E-state index is -0.248. The minimum Gasteiger partial charge on any atom is -0.445 e. The lowest BCUT2D eigenvalue weighted by Gasteiger charge is -2.19. The number of ether oxygens (including phenoxy) is 2. The molecule has 2 rings (SSSR count). The van der Waals surface area contributed by atoms with Crippen LogP contribution in [0.5, 0.6) is 0 Å². The Hall–Kier alpha value is -1.55. The zero-order valence-corrected chi connectivity index (χ0v) is 10.7. The number of amides is 1. The standard InChI is InChI=1S/C14H19NO3/c1-2-15(9-8-13-11-17-13)14(16)18-10-12-6-4-3-5-7-12/h3-7,13H,2,8-11H2,1H3/t13-/m0/s1. The van der Waals surface area contributed by atoms with E-state index in [9.17, 15) is 4.79 Å². The number of nitrogens with zero attached hydrogens (tertiary/aromatic N) is 1. The van der Waals surface area contributed by atoms with Gasteiger partial charge in [-0.05, 0) is 18.9 Å². The lowest BCUT2D eigenvalue weighted by molar-refractivity contribution is 0.0968. The van der Waals surface area contributed by atoms with Crippen LogP contribution in [0.25, 0.3) is 0 Å². The Balaban J connectivity index is 1.74. The first kappa shape index (κ1) is 12.9. The molecule has 0 saturated carbocycles. The predicted octanol–water partition coefficient (Wildman–Crippen LogP) is 2.43. The second kappa shape index (κ2) is 6.40. The fourth-order valence-corrected chi connectivity index (χ4v) is 1.72. The Morgan fingerprint density at radius 3 is 2.78 bits per heavy atom. The lowest BCUT2D eigenvalue weighted by Crippen LogP contribution is -2.32. The summed E-state index contributed by atoms with van der Waals surface area (Å²) in [6, 6.07) is 9.71. The van der Waals surface area contributed by atoms with E-state index in [0.717, 1.165) is 18.6 Å². The Kier molecular flexibility index (Phi) is 4.59. The topological polar surface area (TPSA) is 42.1 Å². The molecule has 0 spiro atoms. The number of carbonyl (C=O) groups excluding carboxylic acids is 1. The highest BCUT2D eigenvalue weighted by Gasteiger charge is 2.24. The molecule has 0 N–H and O–H groups in total. The van der Waals surface area contributed by atoms with E-state index in [0.29, 0.717) is 25.8 Å². The number of benzene rings is 1. The molecular weight excluding hydrogens is 230 g/mol. The first-order chi connectivity index (χ1) is 8.79. The van der Waals surface area contributed by atoms with Crippen molar-refractivity contribution in [2.24, 2.45) is 0 Å². The molecule has 1 fully saturated rings. The Bertz CT molecular complexity index is 376. The van der Waals surface area contributed by atoms with Crippen LogP contribution in [-0.4, -0.2) is 36.8 Å². The highest BCUT2D eigenvalue weighted by atomic mass is 16.6. The van der Waals surface area contributed by atoms with E-state index in [1.165, 1.54) is 0 Å². The SMILES string of the molecule is CCN(CC[C@H]1CO1)C(=O)OCc1ccccc1. The molecule has 0 radical (unpaired) electrons. The van der Waals surface area contributed by atoms with Gasteiger partial charge in [0.1, 0.15) is 6.61 Å². The molecule has 4 heteroatoms. The normalized spacial score (nSPS) is 17.3. The Labute approximate surface area is 107 Å². The smallest absolute Gasteiger partial charge is 0.410 e. The van der Waals surface area contributed by atoms with Crippen molar-refractivity contribution in [2.75, 3.05) is 19.7 Å². The molecule has 0 aromatic heterocycles. The van der Waals surface area contributed by atoms with Gasteiger partial charge in [-0.1, -0.05) is 30.3 Å². The van der Waals surface area contributed by atoms with Gasteiger partial charge < -0.3 is 14.4 Å². The van der Waals surface area contributed by atoms with E-state index in [-0.39, 0.29) is 6.09 Å². The van der Waals surface area contributed by atoms with Gasteiger partial charge in [0.25, 0.3) is 0 Å². The monoisotopic (exact) mass is 249 g/mol. The van der Waals surface area contributed by atoms with Crippen LogP contribution >= 0.6 is 0 Å². The van der Waals surface area contributed by atoms with Crippen LogP contribution in [0.3, 0.4) is 0 Å². The molecule has 1 aliphatic rings. The third-order valence-corrected chi connectivity index (χ3v) is 2.97. The van der Waals surface area contributed by atoms with Crippen LogP contribution in [0.1, 0.15) is 18.9 Å². The van der Waals surface area contributed by atoms with Gasteiger partial charge in [0.15, 0.2) is 0 Å². The van der Waals surface area contributed by atoms with Gasteiger partial charge in [0.05, 0.1) is 12.7 Å². The van der Waals surface area contributed by atoms with Crippen LogP contribution in [0, 0.1) is 0 Å². The molecule has 1 aromatic rings. The molecule has 1 amide bonds. The summed E-state index contributed by atoms with van der Waals surface area (Å²) < 4.78 is 10.4. The first-order valence-electron chi connectivity index (χ1n) is 6.37. The summed E-state index contributed by atoms with van der Waals surface area (Å²) in [5.41, 5.74) is 1.01. The van der Waals surface area contributed by atoms with E-state index in [1.807, 2.05) is 37.3 Å². The van der Waals surface area contributed by atoms with Crippen molar-refractivity contribution in [1.82, 2.24) is 4.90 Å². The zero-order valence-electron chi connectivity index (χ0n) is 10.7. The van der Waals surface area contributed by atoms with Gasteiger partial charge >= 0.3 is 6.09 Å². The van der Waals surface area contributed by atoms with Crippen LogP contribution in [0.15, 0.2) is 30.3 Å². The fourth-order valence-electron chi connectivity index (χ4n) is 1.72. The van der Waals surface area contributed by atoms with Crippen LogP contribution in [0.4, 0.5) is 4.79 Å². The van der Waals surface area contributed by atoms with E-state index in [1.54, 1.807) is 4.90 Å². The lowest BCUT2D eigenvalue weighted by atomic mass is 10.2. The van der Waals surface area contributed by atoms with Gasteiger partial charge in [-0.25, -0.2) is 4.79 Å². The third-order valence-electron chi connectivity index (χ3n) is 2.97. The summed E-state index contributed by atoms with van der Waals surface area (Å²) in [5.74, 6) is 0. The number of hydrogen-bond donors (Lipinski definition) is 0. The zero-order chi connectivity index (χ0) is 12.8. The first-order valence-corrected chi connectivity index (χ1v) is 6.37. The van der Waals surface area contributed by atoms with Gasteiger partial charge in [0, 0.05) is 13.1 Å². The number of hydrogen-bond acceptors (Lipinski definition) is 3. The van der Waals surface area contributed by atoms with Crippen molar-refractivity contribution in [3.8, 4) is 0 Å². The molecule has 0 aliphatic carbocycles. The molecule has 1 aromatic carbocycles. The summed E-state index contributed by atoms with van der Waals surface area (Å²) in [6.07, 6.45) is 0.997. The summed E-state index contributed by atoms with van der Waals surface area (Å²) in [6.45, 7) is 4.49. The average Bonchev–Trinajstić information content (AvgIpc) is 3.22. The van der Waals surface area contributed by atoms with Gasteiger partial charge in [-0.3, -0.25) is 0 Å². The largest absolute Gasteiger partial charge is 0.445 e. The average molecular weight is 249 g/mol. The summed E-state index contributed by atoms with van der Waals surface area (Å²) in [5, 5.41) is 0. The molecule has 98 valence electrons. The predicted molar refractivity (Wildman–Crippen MR) is 68.2 cm³/mol. The van der Waals surface area contributed by atoms with E-state index < -0.39 is 0 Å². The molecule has 1 heterocycles. The maximum absolute atomic E-state index is 11.8. The molecular formula is C14H19NO3. The molecule has 1 aliphatic heterocycles. The van der Waals surface area contributed by atoms with E-state index >= 15 is 0 Å². The maximum Gasteiger partial charge on any atom is 0.410 e. The molecule has 1 atom stereocenters. The fraction of sp³-hybridized carbons (Fsp3) is 0.500. The molecule has 18 heavy (non-hydrogen) atoms.